The van der Waals surface area contributed by atoms with Gasteiger partial charge in [-0.3, -0.25) is 4.31 Å². The van der Waals surface area contributed by atoms with E-state index in [1.165, 1.54) is 4.31 Å². The SMILES string of the molecule is CCS(=O)(=O)N1CCOc2ccc(C)cc21. The highest BCUT2D eigenvalue weighted by atomic mass is 32.2. The maximum absolute atomic E-state index is 11.9. The second kappa shape index (κ2) is 3.97. The van der Waals surface area contributed by atoms with E-state index in [2.05, 4.69) is 0 Å². The minimum Gasteiger partial charge on any atom is -0.489 e. The number of nitrogens with zero attached hydrogens (tertiary/aromatic N) is 1. The van der Waals surface area contributed by atoms with Gasteiger partial charge in [0.15, 0.2) is 0 Å². The monoisotopic (exact) mass is 241 g/mol. The van der Waals surface area contributed by atoms with Gasteiger partial charge in [0.2, 0.25) is 10.0 Å². The Balaban J connectivity index is 2.51. The van der Waals surface area contributed by atoms with Crippen LogP contribution in [-0.2, 0) is 10.0 Å². The topological polar surface area (TPSA) is 46.6 Å². The fourth-order valence-electron chi connectivity index (χ4n) is 1.75. The van der Waals surface area contributed by atoms with Crippen LogP contribution in [0.2, 0.25) is 0 Å². The Bertz CT molecular complexity index is 496. The Morgan fingerprint density at radius 2 is 2.19 bits per heavy atom. The van der Waals surface area contributed by atoms with Crippen LogP contribution < -0.4 is 9.04 Å². The molecule has 0 bridgehead atoms. The second-order valence-electron chi connectivity index (χ2n) is 3.79. The molecule has 0 saturated heterocycles. The molecular weight excluding hydrogens is 226 g/mol. The Labute approximate surface area is 95.9 Å². The van der Waals surface area contributed by atoms with Gasteiger partial charge >= 0.3 is 0 Å². The molecule has 0 amide bonds. The summed E-state index contributed by atoms with van der Waals surface area (Å²) >= 11 is 0. The van der Waals surface area contributed by atoms with E-state index in [4.69, 9.17) is 4.74 Å². The second-order valence-corrected chi connectivity index (χ2v) is 5.97. The summed E-state index contributed by atoms with van der Waals surface area (Å²) in [6, 6.07) is 5.59. The first-order chi connectivity index (χ1) is 7.54. The lowest BCUT2D eigenvalue weighted by molar-refractivity contribution is 0.316. The molecule has 1 aromatic rings. The van der Waals surface area contributed by atoms with E-state index in [1.54, 1.807) is 6.92 Å². The largest absolute Gasteiger partial charge is 0.489 e. The predicted molar refractivity (Wildman–Crippen MR) is 63.5 cm³/mol. The van der Waals surface area contributed by atoms with Gasteiger partial charge in [-0.05, 0) is 31.5 Å². The Morgan fingerprint density at radius 3 is 2.88 bits per heavy atom. The summed E-state index contributed by atoms with van der Waals surface area (Å²) in [7, 11) is -3.20. The normalized spacial score (nSPS) is 15.5. The van der Waals surface area contributed by atoms with Gasteiger partial charge in [0.05, 0.1) is 18.0 Å². The average Bonchev–Trinajstić information content (AvgIpc) is 2.28. The summed E-state index contributed by atoms with van der Waals surface area (Å²) in [6.07, 6.45) is 0. The predicted octanol–water partition coefficient (Wildman–Crippen LogP) is 1.54. The highest BCUT2D eigenvalue weighted by molar-refractivity contribution is 7.92. The van der Waals surface area contributed by atoms with E-state index in [-0.39, 0.29) is 5.75 Å². The van der Waals surface area contributed by atoms with E-state index in [0.717, 1.165) is 5.56 Å². The number of hydrogen-bond acceptors (Lipinski definition) is 3. The number of hydrogen-bond donors (Lipinski definition) is 0. The molecular formula is C11H15NO3S. The molecule has 0 fully saturated rings. The van der Waals surface area contributed by atoms with Crippen molar-refractivity contribution in [2.75, 3.05) is 23.2 Å². The zero-order valence-corrected chi connectivity index (χ0v) is 10.3. The molecule has 1 aliphatic heterocycles. The molecule has 5 heteroatoms. The molecule has 1 aromatic carbocycles. The number of benzene rings is 1. The summed E-state index contributed by atoms with van der Waals surface area (Å²) in [6.45, 7) is 4.40. The Hall–Kier alpha value is -1.23. The van der Waals surface area contributed by atoms with E-state index >= 15 is 0 Å². The van der Waals surface area contributed by atoms with Crippen LogP contribution in [0.4, 0.5) is 5.69 Å². The van der Waals surface area contributed by atoms with Crippen LogP contribution in [0.5, 0.6) is 5.75 Å². The third-order valence-corrected chi connectivity index (χ3v) is 4.42. The lowest BCUT2D eigenvalue weighted by Gasteiger charge is -2.30. The lowest BCUT2D eigenvalue weighted by Crippen LogP contribution is -2.38. The van der Waals surface area contributed by atoms with Crippen molar-refractivity contribution >= 4 is 15.7 Å². The van der Waals surface area contributed by atoms with Crippen LogP contribution >= 0.6 is 0 Å². The van der Waals surface area contributed by atoms with Crippen molar-refractivity contribution < 1.29 is 13.2 Å². The number of rotatable bonds is 2. The van der Waals surface area contributed by atoms with E-state index < -0.39 is 10.0 Å². The van der Waals surface area contributed by atoms with Crippen molar-refractivity contribution in [1.29, 1.82) is 0 Å². The first kappa shape index (κ1) is 11.3. The van der Waals surface area contributed by atoms with Crippen molar-refractivity contribution in [2.45, 2.75) is 13.8 Å². The maximum atomic E-state index is 11.9. The van der Waals surface area contributed by atoms with Gasteiger partial charge in [-0.15, -0.1) is 0 Å². The van der Waals surface area contributed by atoms with Gasteiger partial charge in [0, 0.05) is 0 Å². The lowest BCUT2D eigenvalue weighted by atomic mass is 10.2. The molecule has 0 aromatic heterocycles. The van der Waals surface area contributed by atoms with Crippen LogP contribution in [0, 0.1) is 6.92 Å². The summed E-state index contributed by atoms with van der Waals surface area (Å²) in [4.78, 5) is 0. The fourth-order valence-corrected chi connectivity index (χ4v) is 2.85. The molecule has 88 valence electrons. The Morgan fingerprint density at radius 1 is 1.44 bits per heavy atom. The van der Waals surface area contributed by atoms with E-state index in [1.807, 2.05) is 25.1 Å². The maximum Gasteiger partial charge on any atom is 0.235 e. The summed E-state index contributed by atoms with van der Waals surface area (Å²) in [5.41, 5.74) is 1.69. The molecule has 0 spiro atoms. The number of sulfonamides is 1. The summed E-state index contributed by atoms with van der Waals surface area (Å²) < 4.78 is 30.7. The zero-order valence-electron chi connectivity index (χ0n) is 9.43. The molecule has 1 heterocycles. The van der Waals surface area contributed by atoms with Crippen LogP contribution in [-0.4, -0.2) is 27.3 Å². The van der Waals surface area contributed by atoms with E-state index in [0.29, 0.717) is 24.6 Å². The zero-order chi connectivity index (χ0) is 11.8. The van der Waals surface area contributed by atoms with Gasteiger partial charge in [0.25, 0.3) is 0 Å². The van der Waals surface area contributed by atoms with Crippen molar-refractivity contribution in [1.82, 2.24) is 0 Å². The smallest absolute Gasteiger partial charge is 0.235 e. The minimum atomic E-state index is -3.20. The number of anilines is 1. The van der Waals surface area contributed by atoms with E-state index in [9.17, 15) is 8.42 Å². The molecule has 1 aliphatic rings. The fraction of sp³-hybridized carbons (Fsp3) is 0.455. The highest BCUT2D eigenvalue weighted by Gasteiger charge is 2.26. The van der Waals surface area contributed by atoms with Gasteiger partial charge < -0.3 is 4.74 Å². The van der Waals surface area contributed by atoms with Crippen molar-refractivity contribution in [2.24, 2.45) is 0 Å². The molecule has 16 heavy (non-hydrogen) atoms. The van der Waals surface area contributed by atoms with Crippen LogP contribution in [0.15, 0.2) is 18.2 Å². The summed E-state index contributed by atoms with van der Waals surface area (Å²) in [5.74, 6) is 0.759. The highest BCUT2D eigenvalue weighted by Crippen LogP contribution is 2.34. The number of aryl methyl sites for hydroxylation is 1. The van der Waals surface area contributed by atoms with Gasteiger partial charge in [-0.1, -0.05) is 6.07 Å². The van der Waals surface area contributed by atoms with Crippen molar-refractivity contribution in [3.63, 3.8) is 0 Å². The number of ether oxygens (including phenoxy) is 1. The van der Waals surface area contributed by atoms with Crippen molar-refractivity contribution in [3.8, 4) is 5.75 Å². The van der Waals surface area contributed by atoms with Crippen LogP contribution in [0.25, 0.3) is 0 Å². The van der Waals surface area contributed by atoms with Gasteiger partial charge in [0.1, 0.15) is 12.4 Å². The molecule has 0 N–H and O–H groups in total. The average molecular weight is 241 g/mol. The third-order valence-electron chi connectivity index (χ3n) is 2.64. The standard InChI is InChI=1S/C11H15NO3S/c1-3-16(13,14)12-6-7-15-11-5-4-9(2)8-10(11)12/h4-5,8H,3,6-7H2,1-2H3. The third kappa shape index (κ3) is 1.87. The van der Waals surface area contributed by atoms with Gasteiger partial charge in [-0.25, -0.2) is 8.42 Å². The van der Waals surface area contributed by atoms with Crippen molar-refractivity contribution in [3.05, 3.63) is 23.8 Å². The molecule has 0 saturated carbocycles. The molecule has 4 nitrogen and oxygen atoms in total. The molecule has 0 unspecified atom stereocenters. The molecule has 0 atom stereocenters. The molecule has 0 aliphatic carbocycles. The van der Waals surface area contributed by atoms with Gasteiger partial charge in [-0.2, -0.15) is 0 Å². The number of fused-ring (bicyclic) bond motifs is 1. The minimum absolute atomic E-state index is 0.111. The Kier molecular flexibility index (Phi) is 2.80. The summed E-state index contributed by atoms with van der Waals surface area (Å²) in [5, 5.41) is 0. The van der Waals surface area contributed by atoms with Crippen LogP contribution in [0.3, 0.4) is 0 Å². The quantitative estimate of drug-likeness (QED) is 0.789. The first-order valence-electron chi connectivity index (χ1n) is 5.28. The molecule has 0 radical (unpaired) electrons. The van der Waals surface area contributed by atoms with Crippen LogP contribution in [0.1, 0.15) is 12.5 Å². The first-order valence-corrected chi connectivity index (χ1v) is 6.89. The molecule has 2 rings (SSSR count).